The van der Waals surface area contributed by atoms with Gasteiger partial charge in [0, 0.05) is 11.5 Å². The van der Waals surface area contributed by atoms with E-state index in [0.29, 0.717) is 34.2 Å². The molecule has 2 aliphatic rings. The summed E-state index contributed by atoms with van der Waals surface area (Å²) in [6.07, 6.45) is 5.06. The lowest BCUT2D eigenvalue weighted by molar-refractivity contribution is 0.381. The Hall–Kier alpha value is -1.55. The van der Waals surface area contributed by atoms with Crippen LogP contribution in [0, 0.1) is 17.7 Å². The number of nitrogens with two attached hydrogens (primary N) is 1. The summed E-state index contributed by atoms with van der Waals surface area (Å²) in [6.45, 7) is 0. The molecular formula is C16H16ClFN2O. The highest BCUT2D eigenvalue weighted by atomic mass is 35.5. The molecule has 110 valence electrons. The third-order valence-corrected chi connectivity index (χ3v) is 5.22. The minimum atomic E-state index is -0.361. The largest absolute Gasteiger partial charge is 0.380 e. The molecule has 2 N–H and O–H groups in total. The first-order valence-electron chi connectivity index (χ1n) is 7.37. The standard InChI is InChI=1S/C16H16ClFN2O/c17-12-7-8(18)5-6-11(12)14-15(21-20-16(14)19)13-9-3-1-2-4-10(9)13/h5-7,9-10,13H,1-4H2,(H2,19,20). The summed E-state index contributed by atoms with van der Waals surface area (Å²) in [5, 5.41) is 4.27. The lowest BCUT2D eigenvalue weighted by Gasteiger charge is -2.05. The van der Waals surface area contributed by atoms with Gasteiger partial charge in [-0.1, -0.05) is 29.6 Å². The monoisotopic (exact) mass is 306 g/mol. The number of hydrogen-bond acceptors (Lipinski definition) is 3. The zero-order chi connectivity index (χ0) is 14.6. The van der Waals surface area contributed by atoms with Gasteiger partial charge in [-0.15, -0.1) is 0 Å². The smallest absolute Gasteiger partial charge is 0.175 e. The van der Waals surface area contributed by atoms with E-state index in [1.54, 1.807) is 6.07 Å². The van der Waals surface area contributed by atoms with Gasteiger partial charge in [0.15, 0.2) is 5.82 Å². The summed E-state index contributed by atoms with van der Waals surface area (Å²) >= 11 is 6.18. The van der Waals surface area contributed by atoms with Crippen molar-refractivity contribution in [1.82, 2.24) is 5.16 Å². The number of hydrogen-bond donors (Lipinski definition) is 1. The molecule has 0 bridgehead atoms. The molecule has 5 heteroatoms. The molecule has 3 nitrogen and oxygen atoms in total. The van der Waals surface area contributed by atoms with Crippen molar-refractivity contribution in [3.05, 3.63) is 34.8 Å². The van der Waals surface area contributed by atoms with E-state index in [2.05, 4.69) is 5.16 Å². The summed E-state index contributed by atoms with van der Waals surface area (Å²) < 4.78 is 18.8. The Morgan fingerprint density at radius 3 is 2.62 bits per heavy atom. The van der Waals surface area contributed by atoms with Crippen molar-refractivity contribution in [2.24, 2.45) is 11.8 Å². The quantitative estimate of drug-likeness (QED) is 0.880. The van der Waals surface area contributed by atoms with Crippen LogP contribution >= 0.6 is 11.6 Å². The van der Waals surface area contributed by atoms with Crippen LogP contribution in [0.25, 0.3) is 11.1 Å². The van der Waals surface area contributed by atoms with E-state index >= 15 is 0 Å². The van der Waals surface area contributed by atoms with Crippen molar-refractivity contribution in [1.29, 1.82) is 0 Å². The van der Waals surface area contributed by atoms with Gasteiger partial charge in [0.05, 0.1) is 10.6 Å². The second kappa shape index (κ2) is 4.73. The highest BCUT2D eigenvalue weighted by molar-refractivity contribution is 6.33. The van der Waals surface area contributed by atoms with Crippen LogP contribution < -0.4 is 5.73 Å². The van der Waals surface area contributed by atoms with Crippen LogP contribution in [0.5, 0.6) is 0 Å². The summed E-state index contributed by atoms with van der Waals surface area (Å²) in [4.78, 5) is 0. The lowest BCUT2D eigenvalue weighted by atomic mass is 10.0. The third kappa shape index (κ3) is 2.04. The van der Waals surface area contributed by atoms with Gasteiger partial charge in [0.25, 0.3) is 0 Å². The summed E-state index contributed by atoms with van der Waals surface area (Å²) in [5.41, 5.74) is 7.43. The molecule has 0 amide bonds. The highest BCUT2D eigenvalue weighted by Crippen LogP contribution is 2.63. The molecular weight excluding hydrogens is 291 g/mol. The number of fused-ring (bicyclic) bond motifs is 1. The minimum absolute atomic E-state index is 0.335. The Morgan fingerprint density at radius 1 is 1.24 bits per heavy atom. The van der Waals surface area contributed by atoms with Crippen molar-refractivity contribution in [2.45, 2.75) is 31.6 Å². The number of aromatic nitrogens is 1. The van der Waals surface area contributed by atoms with Crippen molar-refractivity contribution in [3.8, 4) is 11.1 Å². The van der Waals surface area contributed by atoms with Crippen LogP contribution in [0.2, 0.25) is 5.02 Å². The first kappa shape index (κ1) is 13.1. The molecule has 2 aliphatic carbocycles. The van der Waals surface area contributed by atoms with Crippen LogP contribution in [0.1, 0.15) is 37.4 Å². The van der Waals surface area contributed by atoms with Gasteiger partial charge in [0.2, 0.25) is 0 Å². The van der Waals surface area contributed by atoms with Gasteiger partial charge in [-0.2, -0.15) is 0 Å². The fourth-order valence-corrected chi connectivity index (χ4v) is 4.15. The Kier molecular flexibility index (Phi) is 2.96. The number of nitrogens with zero attached hydrogens (tertiary/aromatic N) is 1. The fourth-order valence-electron chi connectivity index (χ4n) is 3.89. The van der Waals surface area contributed by atoms with Gasteiger partial charge in [-0.05, 0) is 42.9 Å². The van der Waals surface area contributed by atoms with E-state index in [-0.39, 0.29) is 5.82 Å². The Balaban J connectivity index is 1.77. The molecule has 2 unspecified atom stereocenters. The molecule has 21 heavy (non-hydrogen) atoms. The predicted molar refractivity (Wildman–Crippen MR) is 79.5 cm³/mol. The first-order valence-corrected chi connectivity index (χ1v) is 7.75. The molecule has 2 fully saturated rings. The Labute approximate surface area is 127 Å². The van der Waals surface area contributed by atoms with Crippen LogP contribution in [0.4, 0.5) is 10.2 Å². The van der Waals surface area contributed by atoms with Crippen LogP contribution in [0.15, 0.2) is 22.7 Å². The third-order valence-electron chi connectivity index (χ3n) is 4.90. The van der Waals surface area contributed by atoms with E-state index < -0.39 is 0 Å². The molecule has 0 saturated heterocycles. The highest BCUT2D eigenvalue weighted by Gasteiger charge is 2.54. The number of halogens is 2. The van der Waals surface area contributed by atoms with Crippen molar-refractivity contribution in [2.75, 3.05) is 5.73 Å². The lowest BCUT2D eigenvalue weighted by Crippen LogP contribution is -1.92. The first-order chi connectivity index (χ1) is 10.2. The topological polar surface area (TPSA) is 52.0 Å². The van der Waals surface area contributed by atoms with Crippen LogP contribution in [-0.4, -0.2) is 5.16 Å². The summed E-state index contributed by atoms with van der Waals surface area (Å²) in [5.74, 6) is 2.57. The molecule has 4 rings (SSSR count). The zero-order valence-corrected chi connectivity index (χ0v) is 12.2. The second-order valence-electron chi connectivity index (χ2n) is 6.07. The molecule has 2 aromatic rings. The number of anilines is 1. The maximum Gasteiger partial charge on any atom is 0.175 e. The van der Waals surface area contributed by atoms with Crippen LogP contribution in [-0.2, 0) is 0 Å². The Bertz CT molecular complexity index is 688. The molecule has 1 aromatic heterocycles. The predicted octanol–water partition coefficient (Wildman–Crippen LogP) is 4.62. The molecule has 2 saturated carbocycles. The summed E-state index contributed by atoms with van der Waals surface area (Å²) in [6, 6.07) is 4.33. The molecule has 0 spiro atoms. The van der Waals surface area contributed by atoms with E-state index in [0.717, 1.165) is 11.3 Å². The van der Waals surface area contributed by atoms with Gasteiger partial charge in [0.1, 0.15) is 11.6 Å². The Morgan fingerprint density at radius 2 is 1.95 bits per heavy atom. The van der Waals surface area contributed by atoms with Crippen molar-refractivity contribution in [3.63, 3.8) is 0 Å². The SMILES string of the molecule is Nc1noc(C2C3CCCCC32)c1-c1ccc(F)cc1Cl. The van der Waals surface area contributed by atoms with E-state index in [1.165, 1.54) is 37.8 Å². The molecule has 1 heterocycles. The maximum absolute atomic E-state index is 13.2. The minimum Gasteiger partial charge on any atom is -0.380 e. The molecule has 0 radical (unpaired) electrons. The van der Waals surface area contributed by atoms with E-state index in [9.17, 15) is 4.39 Å². The summed E-state index contributed by atoms with van der Waals surface area (Å²) in [7, 11) is 0. The number of nitrogen functional groups attached to an aromatic ring is 1. The van der Waals surface area contributed by atoms with E-state index in [4.69, 9.17) is 21.9 Å². The van der Waals surface area contributed by atoms with Crippen LogP contribution in [0.3, 0.4) is 0 Å². The van der Waals surface area contributed by atoms with Crippen molar-refractivity contribution < 1.29 is 8.91 Å². The fraction of sp³-hybridized carbons (Fsp3) is 0.438. The molecule has 0 aliphatic heterocycles. The average Bonchev–Trinajstić information content (AvgIpc) is 3.08. The zero-order valence-electron chi connectivity index (χ0n) is 11.5. The molecule has 1 aromatic carbocycles. The number of rotatable bonds is 2. The second-order valence-corrected chi connectivity index (χ2v) is 6.48. The normalized spacial score (nSPS) is 27.4. The average molecular weight is 307 g/mol. The van der Waals surface area contributed by atoms with E-state index in [1.807, 2.05) is 0 Å². The van der Waals surface area contributed by atoms with Gasteiger partial charge in [-0.25, -0.2) is 4.39 Å². The number of benzene rings is 1. The maximum atomic E-state index is 13.2. The van der Waals surface area contributed by atoms with Gasteiger partial charge < -0.3 is 10.3 Å². The van der Waals surface area contributed by atoms with Crippen molar-refractivity contribution >= 4 is 17.4 Å². The van der Waals surface area contributed by atoms with Gasteiger partial charge >= 0.3 is 0 Å². The molecule has 2 atom stereocenters. The van der Waals surface area contributed by atoms with Gasteiger partial charge in [-0.3, -0.25) is 0 Å².